The molecule has 0 saturated carbocycles. The molecule has 0 heterocycles. The second kappa shape index (κ2) is 5.78. The molecule has 7 heteroatoms. The predicted octanol–water partition coefficient (Wildman–Crippen LogP) is -0.743. The molecular formula is C6H8NaO5P. The summed E-state index contributed by atoms with van der Waals surface area (Å²) in [6.45, 7) is 0. The fraction of sp³-hybridized carbons (Fsp3) is 0. The molecular weight excluding hydrogens is 206 g/mol. The van der Waals surface area contributed by atoms with E-state index >= 15 is 0 Å². The number of phenolic OH excluding ortho intramolecular Hbond substituents is 1. The number of rotatable bonds is 0. The van der Waals surface area contributed by atoms with Crippen molar-refractivity contribution in [3.63, 3.8) is 0 Å². The van der Waals surface area contributed by atoms with Gasteiger partial charge in [0.25, 0.3) is 0 Å². The summed E-state index contributed by atoms with van der Waals surface area (Å²) in [5, 5.41) is 8.77. The van der Waals surface area contributed by atoms with E-state index in [1.54, 1.807) is 12.1 Å². The standard InChI is InChI=1S/C6H5O.Na.H3O4P/c7-6-4-2-1-3-5-6;;1-5(2,3)4/h2-5,7H;;(H3,1,2,3,4). The molecule has 0 aliphatic heterocycles. The molecule has 1 aromatic rings. The third-order valence-corrected chi connectivity index (χ3v) is 1.70. The van der Waals surface area contributed by atoms with Gasteiger partial charge in [-0.25, -0.2) is 4.57 Å². The van der Waals surface area contributed by atoms with Crippen LogP contribution in [-0.4, -0.2) is 47.7 Å². The average Bonchev–Trinajstić information content (AvgIpc) is 1.92. The Kier molecular flexibility index (Phi) is 5.83. The topological polar surface area (TPSA) is 98.0 Å². The summed E-state index contributed by atoms with van der Waals surface area (Å²) in [4.78, 5) is 21.6. The zero-order chi connectivity index (χ0) is 10.5. The molecule has 0 fully saturated rings. The second-order valence-electron chi connectivity index (χ2n) is 2.35. The van der Waals surface area contributed by atoms with Crippen molar-refractivity contribution in [2.24, 2.45) is 0 Å². The Labute approximate surface area is 92.7 Å². The monoisotopic (exact) mass is 214 g/mol. The minimum atomic E-state index is -4.64. The number of aromatic hydroxyl groups is 1. The van der Waals surface area contributed by atoms with Crippen molar-refractivity contribution in [2.75, 3.05) is 0 Å². The van der Waals surface area contributed by atoms with Crippen molar-refractivity contribution in [1.82, 2.24) is 0 Å². The summed E-state index contributed by atoms with van der Waals surface area (Å²) in [5.74, 6) is 0.351. The first-order valence-electron chi connectivity index (χ1n) is 3.33. The Morgan fingerprint density at radius 3 is 1.62 bits per heavy atom. The van der Waals surface area contributed by atoms with E-state index in [1.165, 1.54) is 2.81 Å². The van der Waals surface area contributed by atoms with Crippen LogP contribution < -0.4 is 2.81 Å². The number of phosphoric acid groups is 1. The average molecular weight is 214 g/mol. The normalized spacial score (nSPS) is 10.2. The summed E-state index contributed by atoms with van der Waals surface area (Å²) in [6, 6.07) is 7.29. The molecule has 4 N–H and O–H groups in total. The van der Waals surface area contributed by atoms with Crippen LogP contribution in [0.25, 0.3) is 0 Å². The van der Waals surface area contributed by atoms with Crippen molar-refractivity contribution in [3.05, 3.63) is 24.3 Å². The Bertz CT molecular complexity index is 263. The Morgan fingerprint density at radius 2 is 1.38 bits per heavy atom. The molecule has 68 valence electrons. The number of benzene rings is 1. The molecule has 0 unspecified atom stereocenters. The van der Waals surface area contributed by atoms with Gasteiger partial charge in [-0.2, -0.15) is 0 Å². The van der Waals surface area contributed by atoms with Gasteiger partial charge in [0, 0.05) is 0 Å². The molecule has 0 aliphatic carbocycles. The molecule has 0 aromatic heterocycles. The van der Waals surface area contributed by atoms with E-state index in [-0.39, 0.29) is 0 Å². The quantitative estimate of drug-likeness (QED) is 0.336. The van der Waals surface area contributed by atoms with E-state index in [2.05, 4.69) is 0 Å². The van der Waals surface area contributed by atoms with Crippen molar-refractivity contribution in [3.8, 4) is 5.75 Å². The van der Waals surface area contributed by atoms with Crippen molar-refractivity contribution in [2.45, 2.75) is 0 Å². The number of hydrogen-bond acceptors (Lipinski definition) is 2. The maximum atomic E-state index is 8.88. The zero-order valence-corrected chi connectivity index (χ0v) is 9.85. The van der Waals surface area contributed by atoms with Gasteiger partial charge >= 0.3 is 73.7 Å². The van der Waals surface area contributed by atoms with E-state index < -0.39 is 7.82 Å². The van der Waals surface area contributed by atoms with Crippen LogP contribution in [0.4, 0.5) is 0 Å². The van der Waals surface area contributed by atoms with Crippen LogP contribution in [0.5, 0.6) is 5.75 Å². The SMILES string of the molecule is O=P(O)(O)O.Oc1cc[c]([Na])cc1. The van der Waals surface area contributed by atoms with Gasteiger partial charge in [0.2, 0.25) is 0 Å². The van der Waals surface area contributed by atoms with Gasteiger partial charge in [-0.15, -0.1) is 0 Å². The van der Waals surface area contributed by atoms with Gasteiger partial charge in [-0.1, -0.05) is 0 Å². The van der Waals surface area contributed by atoms with Gasteiger partial charge < -0.3 is 14.7 Å². The molecule has 0 spiro atoms. The van der Waals surface area contributed by atoms with E-state index in [0.29, 0.717) is 5.75 Å². The second-order valence-corrected chi connectivity index (χ2v) is 4.53. The van der Waals surface area contributed by atoms with E-state index in [1.807, 2.05) is 12.1 Å². The molecule has 0 aliphatic rings. The van der Waals surface area contributed by atoms with Crippen molar-refractivity contribution < 1.29 is 24.4 Å². The number of hydrogen-bond donors (Lipinski definition) is 4. The van der Waals surface area contributed by atoms with E-state index in [0.717, 1.165) is 27.9 Å². The van der Waals surface area contributed by atoms with Crippen LogP contribution in [0.2, 0.25) is 0 Å². The third kappa shape index (κ3) is 12.1. The molecule has 5 nitrogen and oxygen atoms in total. The summed E-state index contributed by atoms with van der Waals surface area (Å²) < 4.78 is 10.2. The first kappa shape index (κ1) is 13.1. The maximum absolute atomic E-state index is 8.88. The van der Waals surface area contributed by atoms with Crippen LogP contribution in [0.15, 0.2) is 24.3 Å². The van der Waals surface area contributed by atoms with Crippen molar-refractivity contribution in [1.29, 1.82) is 0 Å². The summed E-state index contributed by atoms with van der Waals surface area (Å²) in [6.07, 6.45) is 0. The molecule has 13 heavy (non-hydrogen) atoms. The summed E-state index contributed by atoms with van der Waals surface area (Å²) in [7, 11) is -4.64. The van der Waals surface area contributed by atoms with Gasteiger partial charge in [0.1, 0.15) is 0 Å². The Balaban J connectivity index is 0.000000252. The molecule has 0 radical (unpaired) electrons. The molecule has 0 saturated heterocycles. The third-order valence-electron chi connectivity index (χ3n) is 1.03. The van der Waals surface area contributed by atoms with Crippen LogP contribution in [0.3, 0.4) is 0 Å². The molecule has 1 rings (SSSR count). The van der Waals surface area contributed by atoms with Gasteiger partial charge in [-0.3, -0.25) is 0 Å². The Hall–Kier alpha value is 0.130. The summed E-state index contributed by atoms with van der Waals surface area (Å²) >= 11 is 1.06. The Morgan fingerprint density at radius 1 is 1.08 bits per heavy atom. The molecule has 0 amide bonds. The predicted molar refractivity (Wildman–Crippen MR) is 47.8 cm³/mol. The first-order chi connectivity index (χ1) is 5.79. The van der Waals surface area contributed by atoms with Gasteiger partial charge in [-0.05, 0) is 0 Å². The molecule has 1 aromatic carbocycles. The van der Waals surface area contributed by atoms with Crippen LogP contribution in [0.1, 0.15) is 0 Å². The van der Waals surface area contributed by atoms with Crippen molar-refractivity contribution >= 4 is 38.6 Å². The number of phenols is 1. The van der Waals surface area contributed by atoms with Gasteiger partial charge in [0.05, 0.1) is 0 Å². The first-order valence-corrected chi connectivity index (χ1v) is 5.89. The molecule has 0 bridgehead atoms. The van der Waals surface area contributed by atoms with E-state index in [9.17, 15) is 0 Å². The zero-order valence-electron chi connectivity index (χ0n) is 6.95. The van der Waals surface area contributed by atoms with Crippen LogP contribution in [0, 0.1) is 0 Å². The van der Waals surface area contributed by atoms with Crippen LogP contribution in [-0.2, 0) is 4.57 Å². The van der Waals surface area contributed by atoms with E-state index in [4.69, 9.17) is 24.4 Å². The molecule has 0 atom stereocenters. The minimum absolute atomic E-state index is 0.351. The fourth-order valence-corrected chi connectivity index (χ4v) is 0.878. The fourth-order valence-electron chi connectivity index (χ4n) is 0.545. The summed E-state index contributed by atoms with van der Waals surface area (Å²) in [5.41, 5.74) is 0. The van der Waals surface area contributed by atoms with Gasteiger partial charge in [0.15, 0.2) is 0 Å². The van der Waals surface area contributed by atoms with Crippen LogP contribution >= 0.6 is 7.82 Å².